The first-order valence-corrected chi connectivity index (χ1v) is 12.5. The van der Waals surface area contributed by atoms with Crippen molar-refractivity contribution in [1.29, 1.82) is 0 Å². The molecule has 4 rings (SSSR count). The lowest BCUT2D eigenvalue weighted by Crippen LogP contribution is -2.37. The first-order valence-electron chi connectivity index (χ1n) is 11.8. The van der Waals surface area contributed by atoms with Crippen LogP contribution < -0.4 is 20.7 Å². The number of hydrogen-bond acceptors (Lipinski definition) is 7. The molecule has 36 heavy (non-hydrogen) atoms. The molecule has 3 aromatic rings. The Labute approximate surface area is 216 Å². The molecule has 0 saturated heterocycles. The van der Waals surface area contributed by atoms with Crippen molar-refractivity contribution in [3.8, 4) is 22.9 Å². The molecule has 1 unspecified atom stereocenters. The molecule has 1 aliphatic rings. The fourth-order valence-corrected chi connectivity index (χ4v) is 5.02. The van der Waals surface area contributed by atoms with E-state index in [4.69, 9.17) is 14.2 Å². The Morgan fingerprint density at radius 2 is 1.81 bits per heavy atom. The minimum Gasteiger partial charge on any atom is -0.496 e. The Hall–Kier alpha value is -3.40. The van der Waals surface area contributed by atoms with Gasteiger partial charge in [-0.2, -0.15) is 9.78 Å². The quantitative estimate of drug-likeness (QED) is 0.413. The highest BCUT2D eigenvalue weighted by atomic mass is 79.9. The number of rotatable bonds is 7. The average molecular weight is 558 g/mol. The van der Waals surface area contributed by atoms with Gasteiger partial charge in [-0.15, -0.1) is 0 Å². The van der Waals surface area contributed by atoms with Crippen LogP contribution in [0.5, 0.6) is 17.2 Å². The van der Waals surface area contributed by atoms with E-state index in [-0.39, 0.29) is 12.0 Å². The van der Waals surface area contributed by atoms with Gasteiger partial charge >= 0.3 is 11.7 Å². The third-order valence-electron chi connectivity index (χ3n) is 6.41. The summed E-state index contributed by atoms with van der Waals surface area (Å²) in [5, 5.41) is 4.07. The monoisotopic (exact) mass is 557 g/mol. The second-order valence-electron chi connectivity index (χ2n) is 8.98. The van der Waals surface area contributed by atoms with Gasteiger partial charge in [0.2, 0.25) is 5.69 Å². The number of aromatic nitrogens is 3. The number of esters is 1. The lowest BCUT2D eigenvalue weighted by atomic mass is 10.0. The number of aryl methyl sites for hydroxylation is 2. The molecule has 1 atom stereocenters. The lowest BCUT2D eigenvalue weighted by molar-refractivity contribution is 0.0192. The second kappa shape index (κ2) is 10.7. The molecular weight excluding hydrogens is 530 g/mol. The molecule has 0 spiro atoms. The summed E-state index contributed by atoms with van der Waals surface area (Å²) in [7, 11) is 1.59. The number of H-pyrrole nitrogens is 1. The number of nitrogens with one attached hydrogen (secondary N) is 1. The maximum atomic E-state index is 12.7. The summed E-state index contributed by atoms with van der Waals surface area (Å²) in [6.07, 6.45) is 3.84. The number of nitrogens with zero attached hydrogens (tertiary/aromatic N) is 2. The van der Waals surface area contributed by atoms with Crippen LogP contribution in [0.15, 0.2) is 44.4 Å². The number of aromatic amines is 1. The van der Waals surface area contributed by atoms with Crippen LogP contribution in [-0.2, 0) is 4.74 Å². The van der Waals surface area contributed by atoms with Crippen molar-refractivity contribution in [2.24, 2.45) is 5.92 Å². The van der Waals surface area contributed by atoms with Gasteiger partial charge in [-0.25, -0.2) is 9.59 Å². The number of benzene rings is 2. The molecule has 1 fully saturated rings. The van der Waals surface area contributed by atoms with Gasteiger partial charge in [0.05, 0.1) is 17.3 Å². The molecule has 0 amide bonds. The van der Waals surface area contributed by atoms with E-state index in [1.807, 2.05) is 20.8 Å². The van der Waals surface area contributed by atoms with E-state index in [9.17, 15) is 14.4 Å². The number of halogens is 1. The molecule has 1 saturated carbocycles. The second-order valence-corrected chi connectivity index (χ2v) is 9.84. The van der Waals surface area contributed by atoms with Crippen molar-refractivity contribution in [2.75, 3.05) is 7.11 Å². The molecule has 1 heterocycles. The summed E-state index contributed by atoms with van der Waals surface area (Å²) in [6.45, 7) is 5.49. The van der Waals surface area contributed by atoms with Crippen molar-refractivity contribution in [2.45, 2.75) is 52.6 Å². The number of carbonyl (C=O) groups excluding carboxylic acids is 1. The fraction of sp³-hybridized carbons (Fsp3) is 0.385. The summed E-state index contributed by atoms with van der Waals surface area (Å²) in [5.74, 6) is 1.31. The summed E-state index contributed by atoms with van der Waals surface area (Å²) in [4.78, 5) is 39.9. The lowest BCUT2D eigenvalue weighted by Gasteiger charge is -2.19. The Balaban J connectivity index is 1.63. The summed E-state index contributed by atoms with van der Waals surface area (Å²) in [6, 6.07) is 8.77. The summed E-state index contributed by atoms with van der Waals surface area (Å²) >= 11 is 3.45. The van der Waals surface area contributed by atoms with Gasteiger partial charge in [0.25, 0.3) is 5.56 Å². The highest BCUT2D eigenvalue weighted by molar-refractivity contribution is 9.10. The number of methoxy groups -OCH3 is 1. The van der Waals surface area contributed by atoms with Gasteiger partial charge < -0.3 is 14.2 Å². The van der Waals surface area contributed by atoms with E-state index in [2.05, 4.69) is 26.0 Å². The van der Waals surface area contributed by atoms with Crippen LogP contribution in [-0.4, -0.2) is 33.9 Å². The Morgan fingerprint density at radius 3 is 2.42 bits per heavy atom. The van der Waals surface area contributed by atoms with Crippen molar-refractivity contribution in [3.63, 3.8) is 0 Å². The number of carbonyl (C=O) groups is 1. The van der Waals surface area contributed by atoms with Gasteiger partial charge in [0.1, 0.15) is 23.4 Å². The standard InChI is InChI=1S/C26H28BrN3O6/c1-14-11-18(12-15(2)23(14)36-19-9-10-21(34-4)20(27)13-19)30-26(33)28-24(31)22(29-30)25(32)35-16(3)17-7-5-6-8-17/h9-13,16-17H,5-8H2,1-4H3,(H,28,31,33). The minimum atomic E-state index is -0.877. The molecule has 9 nitrogen and oxygen atoms in total. The van der Waals surface area contributed by atoms with Crippen molar-refractivity contribution >= 4 is 21.9 Å². The molecule has 190 valence electrons. The molecule has 0 radical (unpaired) electrons. The van der Waals surface area contributed by atoms with Crippen LogP contribution in [0.2, 0.25) is 0 Å². The molecule has 0 bridgehead atoms. The first kappa shape index (κ1) is 25.7. The van der Waals surface area contributed by atoms with Crippen LogP contribution >= 0.6 is 15.9 Å². The summed E-state index contributed by atoms with van der Waals surface area (Å²) in [5.41, 5.74) is -0.248. The zero-order valence-corrected chi connectivity index (χ0v) is 22.2. The normalized spacial score (nSPS) is 14.5. The molecule has 0 aliphatic heterocycles. The van der Waals surface area contributed by atoms with Gasteiger partial charge in [-0.3, -0.25) is 9.78 Å². The number of ether oxygens (including phenoxy) is 3. The predicted molar refractivity (Wildman–Crippen MR) is 138 cm³/mol. The van der Waals surface area contributed by atoms with Crippen LogP contribution in [0.1, 0.15) is 54.2 Å². The highest BCUT2D eigenvalue weighted by Crippen LogP contribution is 2.35. The topological polar surface area (TPSA) is 113 Å². The zero-order chi connectivity index (χ0) is 26.0. The number of hydrogen-bond donors (Lipinski definition) is 1. The van der Waals surface area contributed by atoms with Crippen LogP contribution in [0.3, 0.4) is 0 Å². The van der Waals surface area contributed by atoms with E-state index in [1.54, 1.807) is 37.4 Å². The van der Waals surface area contributed by atoms with E-state index in [0.29, 0.717) is 22.9 Å². The first-order chi connectivity index (χ1) is 17.2. The highest BCUT2D eigenvalue weighted by Gasteiger charge is 2.27. The van der Waals surface area contributed by atoms with Gasteiger partial charge in [-0.1, -0.05) is 12.8 Å². The summed E-state index contributed by atoms with van der Waals surface area (Å²) < 4.78 is 18.6. The van der Waals surface area contributed by atoms with Crippen LogP contribution in [0, 0.1) is 19.8 Å². The predicted octanol–water partition coefficient (Wildman–Crippen LogP) is 4.84. The van der Waals surface area contributed by atoms with E-state index in [0.717, 1.165) is 46.0 Å². The van der Waals surface area contributed by atoms with Crippen molar-refractivity contribution < 1.29 is 19.0 Å². The fourth-order valence-electron chi connectivity index (χ4n) is 4.50. The van der Waals surface area contributed by atoms with E-state index < -0.39 is 22.9 Å². The molecular formula is C26H28BrN3O6. The molecule has 2 aromatic carbocycles. The molecule has 1 aromatic heterocycles. The van der Waals surface area contributed by atoms with E-state index in [1.165, 1.54) is 0 Å². The SMILES string of the molecule is COc1ccc(Oc2c(C)cc(-n3nc(C(=O)OC(C)C4CCCC4)c(=O)[nH]c3=O)cc2C)cc1Br. The minimum absolute atomic E-state index is 0.267. The Morgan fingerprint density at radius 1 is 1.14 bits per heavy atom. The van der Waals surface area contributed by atoms with E-state index >= 15 is 0 Å². The largest absolute Gasteiger partial charge is 0.496 e. The average Bonchev–Trinajstić information content (AvgIpc) is 3.36. The third-order valence-corrected chi connectivity index (χ3v) is 7.03. The maximum absolute atomic E-state index is 12.7. The van der Waals surface area contributed by atoms with Crippen LogP contribution in [0.4, 0.5) is 0 Å². The Bertz CT molecular complexity index is 1380. The maximum Gasteiger partial charge on any atom is 0.364 e. The van der Waals surface area contributed by atoms with Gasteiger partial charge in [-0.05, 0) is 96.9 Å². The Kier molecular flexibility index (Phi) is 7.63. The van der Waals surface area contributed by atoms with Crippen molar-refractivity contribution in [3.05, 3.63) is 72.5 Å². The van der Waals surface area contributed by atoms with Gasteiger partial charge in [0, 0.05) is 0 Å². The van der Waals surface area contributed by atoms with Crippen LogP contribution in [0.25, 0.3) is 5.69 Å². The third kappa shape index (κ3) is 5.38. The van der Waals surface area contributed by atoms with Crippen molar-refractivity contribution in [1.82, 2.24) is 14.8 Å². The zero-order valence-electron chi connectivity index (χ0n) is 20.6. The molecule has 10 heteroatoms. The molecule has 1 aliphatic carbocycles. The van der Waals surface area contributed by atoms with Gasteiger partial charge in [0.15, 0.2) is 0 Å². The molecule has 1 N–H and O–H groups in total. The smallest absolute Gasteiger partial charge is 0.364 e.